The van der Waals surface area contributed by atoms with Gasteiger partial charge in [-0.3, -0.25) is 14.2 Å². The minimum absolute atomic E-state index is 0.00446. The first-order chi connectivity index (χ1) is 17.5. The quantitative estimate of drug-likeness (QED) is 0.153. The summed E-state index contributed by atoms with van der Waals surface area (Å²) in [6.07, 6.45) is 1.43. The molecule has 8 heteroatoms. The van der Waals surface area contributed by atoms with E-state index >= 15 is 0 Å². The smallest absolute Gasteiger partial charge is 0.266 e. The number of hydrogen-bond acceptors (Lipinski definition) is 6. The molecule has 5 aromatic rings. The number of aromatic nitrogens is 2. The van der Waals surface area contributed by atoms with Crippen molar-refractivity contribution in [1.29, 1.82) is 0 Å². The third-order valence-corrected chi connectivity index (χ3v) is 6.64. The number of amides is 1. The van der Waals surface area contributed by atoms with Gasteiger partial charge >= 0.3 is 0 Å². The summed E-state index contributed by atoms with van der Waals surface area (Å²) < 4.78 is 1.52. The van der Waals surface area contributed by atoms with E-state index < -0.39 is 0 Å². The maximum atomic E-state index is 13.3. The van der Waals surface area contributed by atoms with Crippen LogP contribution in [0.4, 0.5) is 0 Å². The van der Waals surface area contributed by atoms with E-state index in [-0.39, 0.29) is 23.0 Å². The summed E-state index contributed by atoms with van der Waals surface area (Å²) in [7, 11) is 0. The molecule has 0 atom stereocenters. The number of nitrogens with one attached hydrogen (secondary N) is 1. The highest BCUT2D eigenvalue weighted by Gasteiger charge is 2.15. The monoisotopic (exact) mass is 494 g/mol. The minimum atomic E-state index is -0.367. The van der Waals surface area contributed by atoms with E-state index in [2.05, 4.69) is 15.5 Å². The van der Waals surface area contributed by atoms with Crippen LogP contribution in [0.15, 0.2) is 100.0 Å². The maximum absolute atomic E-state index is 13.3. The lowest BCUT2D eigenvalue weighted by Gasteiger charge is -2.13. The van der Waals surface area contributed by atoms with E-state index in [1.54, 1.807) is 24.3 Å². The highest BCUT2D eigenvalue weighted by molar-refractivity contribution is 7.99. The van der Waals surface area contributed by atoms with Gasteiger partial charge in [0.1, 0.15) is 5.75 Å². The van der Waals surface area contributed by atoms with Crippen LogP contribution in [-0.4, -0.2) is 32.5 Å². The largest absolute Gasteiger partial charge is 0.507 e. The fourth-order valence-corrected chi connectivity index (χ4v) is 4.69. The number of nitrogens with zero attached hydrogens (tertiary/aromatic N) is 3. The van der Waals surface area contributed by atoms with Crippen molar-refractivity contribution in [1.82, 2.24) is 15.0 Å². The number of hydrogen-bond donors (Lipinski definition) is 2. The molecule has 0 aliphatic heterocycles. The number of aromatic hydroxyl groups is 1. The van der Waals surface area contributed by atoms with Gasteiger partial charge < -0.3 is 5.11 Å². The average Bonchev–Trinajstić information content (AvgIpc) is 2.89. The first kappa shape index (κ1) is 23.3. The van der Waals surface area contributed by atoms with E-state index in [0.29, 0.717) is 27.3 Å². The number of aryl methyl sites for hydroxylation is 1. The minimum Gasteiger partial charge on any atom is -0.507 e. The highest BCUT2D eigenvalue weighted by atomic mass is 32.2. The summed E-state index contributed by atoms with van der Waals surface area (Å²) in [5.74, 6) is -0.299. The van der Waals surface area contributed by atoms with Crippen molar-refractivity contribution in [2.75, 3.05) is 5.75 Å². The fraction of sp³-hybridized carbons (Fsp3) is 0.0714. The maximum Gasteiger partial charge on any atom is 0.266 e. The highest BCUT2D eigenvalue weighted by Crippen LogP contribution is 2.25. The molecule has 0 saturated heterocycles. The summed E-state index contributed by atoms with van der Waals surface area (Å²) in [5.41, 5.74) is 5.13. The third kappa shape index (κ3) is 4.71. The number of para-hydroxylation sites is 1. The number of carbonyl (C=O) groups excluding carboxylic acids is 1. The molecule has 1 aromatic heterocycles. The Morgan fingerprint density at radius 3 is 2.53 bits per heavy atom. The molecule has 0 aliphatic carbocycles. The molecule has 0 spiro atoms. The lowest BCUT2D eigenvalue weighted by atomic mass is 10.0. The predicted octanol–water partition coefficient (Wildman–Crippen LogP) is 4.80. The molecule has 36 heavy (non-hydrogen) atoms. The van der Waals surface area contributed by atoms with E-state index in [1.807, 2.05) is 67.6 Å². The lowest BCUT2D eigenvalue weighted by molar-refractivity contribution is -0.118. The van der Waals surface area contributed by atoms with Gasteiger partial charge in [-0.2, -0.15) is 5.10 Å². The van der Waals surface area contributed by atoms with Crippen molar-refractivity contribution in [3.63, 3.8) is 0 Å². The Labute approximate surface area is 211 Å². The molecule has 0 bridgehead atoms. The van der Waals surface area contributed by atoms with Crippen LogP contribution in [0, 0.1) is 6.92 Å². The first-order valence-electron chi connectivity index (χ1n) is 11.3. The molecule has 0 unspecified atom stereocenters. The third-order valence-electron chi connectivity index (χ3n) is 5.70. The summed E-state index contributed by atoms with van der Waals surface area (Å²) in [4.78, 5) is 30.5. The number of hydrazone groups is 1. The Kier molecular flexibility index (Phi) is 6.51. The van der Waals surface area contributed by atoms with Gasteiger partial charge in [-0.25, -0.2) is 10.4 Å². The van der Waals surface area contributed by atoms with Crippen LogP contribution in [0.3, 0.4) is 0 Å². The summed E-state index contributed by atoms with van der Waals surface area (Å²) in [5, 5.41) is 17.0. The summed E-state index contributed by atoms with van der Waals surface area (Å²) in [6, 6.07) is 25.7. The van der Waals surface area contributed by atoms with Crippen molar-refractivity contribution >= 4 is 45.6 Å². The number of rotatable bonds is 6. The number of phenols is 1. The van der Waals surface area contributed by atoms with E-state index in [0.717, 1.165) is 28.1 Å². The Bertz CT molecular complexity index is 1680. The van der Waals surface area contributed by atoms with Gasteiger partial charge in [-0.1, -0.05) is 71.9 Å². The second-order valence-corrected chi connectivity index (χ2v) is 9.13. The zero-order valence-corrected chi connectivity index (χ0v) is 20.2. The normalized spacial score (nSPS) is 11.4. The Balaban J connectivity index is 1.38. The number of carbonyl (C=O) groups is 1. The van der Waals surface area contributed by atoms with E-state index in [1.165, 1.54) is 10.8 Å². The Morgan fingerprint density at radius 2 is 1.72 bits per heavy atom. The molecule has 0 fully saturated rings. The summed E-state index contributed by atoms with van der Waals surface area (Å²) >= 11 is 1.15. The van der Waals surface area contributed by atoms with Gasteiger partial charge in [0.05, 0.1) is 28.6 Å². The number of fused-ring (bicyclic) bond motifs is 2. The molecule has 7 nitrogen and oxygen atoms in total. The predicted molar refractivity (Wildman–Crippen MR) is 144 cm³/mol. The van der Waals surface area contributed by atoms with E-state index in [9.17, 15) is 14.7 Å². The standard InChI is InChI=1S/C28H22N4O3S/c1-18-10-13-20(14-11-18)32-27(35)22-8-4-5-9-24(22)30-28(32)36-17-26(34)31-29-16-23-21-7-3-2-6-19(21)12-15-25(23)33/h2-16,33H,17H2,1H3,(H,31,34). The van der Waals surface area contributed by atoms with Gasteiger partial charge in [0.15, 0.2) is 5.16 Å². The second kappa shape index (κ2) is 10.1. The van der Waals surface area contributed by atoms with Crippen molar-refractivity contribution in [3.05, 3.63) is 106 Å². The topological polar surface area (TPSA) is 96.6 Å². The number of phenolic OH excluding ortho intramolecular Hbond substituents is 1. The van der Waals surface area contributed by atoms with Crippen LogP contribution in [-0.2, 0) is 4.79 Å². The zero-order valence-electron chi connectivity index (χ0n) is 19.4. The van der Waals surface area contributed by atoms with Crippen LogP contribution in [0.1, 0.15) is 11.1 Å². The van der Waals surface area contributed by atoms with Crippen molar-refractivity contribution in [3.8, 4) is 11.4 Å². The van der Waals surface area contributed by atoms with Gasteiger partial charge in [-0.05, 0) is 48.0 Å². The Morgan fingerprint density at radius 1 is 1.00 bits per heavy atom. The summed E-state index contributed by atoms with van der Waals surface area (Å²) in [6.45, 7) is 1.98. The second-order valence-electron chi connectivity index (χ2n) is 8.19. The molecule has 0 saturated carbocycles. The molecule has 178 valence electrons. The number of thioether (sulfide) groups is 1. The van der Waals surface area contributed by atoms with E-state index in [4.69, 9.17) is 0 Å². The average molecular weight is 495 g/mol. The van der Waals surface area contributed by atoms with Crippen LogP contribution < -0.4 is 11.0 Å². The molecule has 1 amide bonds. The molecule has 0 radical (unpaired) electrons. The van der Waals surface area contributed by atoms with Gasteiger partial charge in [0, 0.05) is 5.56 Å². The molecule has 1 heterocycles. The van der Waals surface area contributed by atoms with Crippen LogP contribution >= 0.6 is 11.8 Å². The molecule has 2 N–H and O–H groups in total. The Hall–Kier alpha value is -4.43. The SMILES string of the molecule is Cc1ccc(-n2c(SCC(=O)NN=Cc3c(O)ccc4ccccc34)nc3ccccc3c2=O)cc1. The molecule has 4 aromatic carbocycles. The first-order valence-corrected chi connectivity index (χ1v) is 12.2. The van der Waals surface area contributed by atoms with Crippen molar-refractivity contribution < 1.29 is 9.90 Å². The van der Waals surface area contributed by atoms with Crippen molar-refractivity contribution in [2.24, 2.45) is 5.10 Å². The van der Waals surface area contributed by atoms with Crippen LogP contribution in [0.5, 0.6) is 5.75 Å². The van der Waals surface area contributed by atoms with Gasteiger partial charge in [0.2, 0.25) is 0 Å². The van der Waals surface area contributed by atoms with Crippen LogP contribution in [0.2, 0.25) is 0 Å². The molecular formula is C28H22N4O3S. The molecule has 5 rings (SSSR count). The molecule has 0 aliphatic rings. The fourth-order valence-electron chi connectivity index (χ4n) is 3.88. The van der Waals surface area contributed by atoms with Gasteiger partial charge in [-0.15, -0.1) is 0 Å². The van der Waals surface area contributed by atoms with Crippen LogP contribution in [0.25, 0.3) is 27.4 Å². The zero-order chi connectivity index (χ0) is 25.1. The molecular weight excluding hydrogens is 472 g/mol. The van der Waals surface area contributed by atoms with Crippen molar-refractivity contribution in [2.45, 2.75) is 12.1 Å². The van der Waals surface area contributed by atoms with Gasteiger partial charge in [0.25, 0.3) is 11.5 Å². The number of benzene rings is 4. The lowest BCUT2D eigenvalue weighted by Crippen LogP contribution is -2.24.